The summed E-state index contributed by atoms with van der Waals surface area (Å²) in [6.07, 6.45) is 5.82. The van der Waals surface area contributed by atoms with Gasteiger partial charge in [0.15, 0.2) is 15.5 Å². The van der Waals surface area contributed by atoms with Crippen LogP contribution in [0.3, 0.4) is 0 Å². The van der Waals surface area contributed by atoms with Crippen molar-refractivity contribution in [3.63, 3.8) is 0 Å². The number of aromatic nitrogens is 2. The number of carbonyl (C=O) groups is 1. The number of amides is 1. The third-order valence-corrected chi connectivity index (χ3v) is 8.51. The number of hydrogen-bond donors (Lipinski definition) is 0. The lowest BCUT2D eigenvalue weighted by Crippen LogP contribution is -2.48. The molecule has 0 atom stereocenters. The van der Waals surface area contributed by atoms with E-state index in [4.69, 9.17) is 0 Å². The summed E-state index contributed by atoms with van der Waals surface area (Å²) < 4.78 is 27.4. The van der Waals surface area contributed by atoms with Gasteiger partial charge in [-0.25, -0.2) is 8.42 Å². The predicted molar refractivity (Wildman–Crippen MR) is 114 cm³/mol. The van der Waals surface area contributed by atoms with Gasteiger partial charge in [0.05, 0.1) is 16.3 Å². The van der Waals surface area contributed by atoms with E-state index in [0.717, 1.165) is 18.5 Å². The SMILES string of the molecule is Cn1nc(C(=O)N2CCC(N3CCCCC3)CC2)c2c1-c1ccccc1S(=O)(=O)C2. The summed E-state index contributed by atoms with van der Waals surface area (Å²) in [4.78, 5) is 18.1. The molecule has 160 valence electrons. The number of fused-ring (bicyclic) bond motifs is 3. The molecule has 2 aromatic rings. The maximum Gasteiger partial charge on any atom is 0.274 e. The van der Waals surface area contributed by atoms with Crippen molar-refractivity contribution in [3.05, 3.63) is 35.5 Å². The van der Waals surface area contributed by atoms with Gasteiger partial charge in [0.2, 0.25) is 0 Å². The molecular weight excluding hydrogens is 400 g/mol. The summed E-state index contributed by atoms with van der Waals surface area (Å²) in [5, 5.41) is 4.49. The number of sulfone groups is 1. The summed E-state index contributed by atoms with van der Waals surface area (Å²) in [5.41, 5.74) is 2.21. The van der Waals surface area contributed by atoms with Gasteiger partial charge in [-0.2, -0.15) is 5.10 Å². The highest BCUT2D eigenvalue weighted by Crippen LogP contribution is 2.39. The lowest BCUT2D eigenvalue weighted by atomic mass is 9.99. The molecule has 1 amide bonds. The van der Waals surface area contributed by atoms with Crippen molar-refractivity contribution in [2.24, 2.45) is 7.05 Å². The third-order valence-electron chi connectivity index (χ3n) is 6.82. The van der Waals surface area contributed by atoms with Crippen LogP contribution in [0.2, 0.25) is 0 Å². The summed E-state index contributed by atoms with van der Waals surface area (Å²) in [5.74, 6) is -0.308. The first-order chi connectivity index (χ1) is 14.5. The molecule has 0 saturated carbocycles. The molecule has 3 aliphatic rings. The Morgan fingerprint density at radius 2 is 1.73 bits per heavy atom. The molecule has 0 N–H and O–H groups in total. The van der Waals surface area contributed by atoms with E-state index in [1.165, 1.54) is 32.4 Å². The number of rotatable bonds is 2. The molecule has 30 heavy (non-hydrogen) atoms. The summed E-state index contributed by atoms with van der Waals surface area (Å²) in [7, 11) is -1.70. The van der Waals surface area contributed by atoms with Gasteiger partial charge in [-0.1, -0.05) is 24.6 Å². The van der Waals surface area contributed by atoms with Crippen LogP contribution in [0.25, 0.3) is 11.3 Å². The molecule has 2 fully saturated rings. The topological polar surface area (TPSA) is 75.5 Å². The van der Waals surface area contributed by atoms with Crippen LogP contribution in [-0.2, 0) is 22.6 Å². The molecule has 5 rings (SSSR count). The summed E-state index contributed by atoms with van der Waals surface area (Å²) in [6, 6.07) is 7.54. The largest absolute Gasteiger partial charge is 0.337 e. The maximum absolute atomic E-state index is 13.3. The Labute approximate surface area is 177 Å². The van der Waals surface area contributed by atoms with E-state index < -0.39 is 9.84 Å². The van der Waals surface area contributed by atoms with E-state index >= 15 is 0 Å². The fraction of sp³-hybridized carbons (Fsp3) is 0.545. The van der Waals surface area contributed by atoms with Crippen molar-refractivity contribution in [2.75, 3.05) is 26.2 Å². The van der Waals surface area contributed by atoms with E-state index in [1.54, 1.807) is 29.9 Å². The van der Waals surface area contributed by atoms with Crippen LogP contribution in [0.15, 0.2) is 29.2 Å². The monoisotopic (exact) mass is 428 g/mol. The quantitative estimate of drug-likeness (QED) is 0.735. The van der Waals surface area contributed by atoms with Crippen LogP contribution in [0.4, 0.5) is 0 Å². The Bertz CT molecular complexity index is 1080. The number of piperidine rings is 2. The van der Waals surface area contributed by atoms with Crippen LogP contribution in [-0.4, -0.2) is 66.1 Å². The maximum atomic E-state index is 13.3. The summed E-state index contributed by atoms with van der Waals surface area (Å²) >= 11 is 0. The van der Waals surface area contributed by atoms with Crippen LogP contribution in [0, 0.1) is 0 Å². The van der Waals surface area contributed by atoms with Gasteiger partial charge >= 0.3 is 0 Å². The second-order valence-corrected chi connectivity index (χ2v) is 10.6. The first-order valence-corrected chi connectivity index (χ1v) is 12.5. The van der Waals surface area contributed by atoms with Gasteiger partial charge in [0.25, 0.3) is 5.91 Å². The minimum atomic E-state index is -3.48. The molecule has 7 nitrogen and oxygen atoms in total. The van der Waals surface area contributed by atoms with Gasteiger partial charge in [-0.05, 0) is 44.8 Å². The van der Waals surface area contributed by atoms with E-state index in [2.05, 4.69) is 10.00 Å². The molecule has 1 aromatic carbocycles. The number of nitrogens with zero attached hydrogens (tertiary/aromatic N) is 4. The second kappa shape index (κ2) is 7.50. The fourth-order valence-corrected chi connectivity index (χ4v) is 6.88. The molecule has 0 bridgehead atoms. The molecule has 3 aliphatic heterocycles. The highest BCUT2D eigenvalue weighted by atomic mass is 32.2. The number of hydrogen-bond acceptors (Lipinski definition) is 5. The summed E-state index contributed by atoms with van der Waals surface area (Å²) in [6.45, 7) is 3.75. The predicted octanol–water partition coefficient (Wildman–Crippen LogP) is 2.46. The molecule has 4 heterocycles. The van der Waals surface area contributed by atoms with Crippen LogP contribution in [0.5, 0.6) is 0 Å². The average molecular weight is 429 g/mol. The minimum absolute atomic E-state index is 0.140. The number of aryl methyl sites for hydroxylation is 1. The molecule has 2 saturated heterocycles. The zero-order valence-corrected chi connectivity index (χ0v) is 18.2. The van der Waals surface area contributed by atoms with Crippen molar-refractivity contribution >= 4 is 15.7 Å². The Balaban J connectivity index is 1.40. The number of benzene rings is 1. The van der Waals surface area contributed by atoms with E-state index in [-0.39, 0.29) is 11.7 Å². The lowest BCUT2D eigenvalue weighted by Gasteiger charge is -2.40. The molecule has 0 unspecified atom stereocenters. The molecule has 8 heteroatoms. The Morgan fingerprint density at radius 1 is 1.03 bits per heavy atom. The zero-order valence-electron chi connectivity index (χ0n) is 17.4. The Morgan fingerprint density at radius 3 is 2.47 bits per heavy atom. The molecule has 0 aliphatic carbocycles. The Hall–Kier alpha value is -2.19. The number of likely N-dealkylation sites (tertiary alicyclic amines) is 2. The van der Waals surface area contributed by atoms with Crippen LogP contribution >= 0.6 is 0 Å². The standard InChI is InChI=1S/C22H28N4O3S/c1-24-21-17-7-3-4-8-19(17)30(28,29)15-18(21)20(23-24)22(27)26-13-9-16(10-14-26)25-11-5-2-6-12-25/h3-4,7-8,16H,2,5-6,9-15H2,1H3. The van der Waals surface area contributed by atoms with Gasteiger partial charge in [0, 0.05) is 37.3 Å². The van der Waals surface area contributed by atoms with E-state index in [0.29, 0.717) is 40.8 Å². The minimum Gasteiger partial charge on any atom is -0.337 e. The highest BCUT2D eigenvalue weighted by Gasteiger charge is 2.37. The highest BCUT2D eigenvalue weighted by molar-refractivity contribution is 7.90. The first-order valence-electron chi connectivity index (χ1n) is 10.9. The molecular formula is C22H28N4O3S. The van der Waals surface area contributed by atoms with Crippen molar-refractivity contribution in [1.29, 1.82) is 0 Å². The van der Waals surface area contributed by atoms with Crippen molar-refractivity contribution in [2.45, 2.75) is 48.8 Å². The average Bonchev–Trinajstić information content (AvgIpc) is 3.09. The van der Waals surface area contributed by atoms with Gasteiger partial charge < -0.3 is 9.80 Å². The molecule has 0 radical (unpaired) electrons. The van der Waals surface area contributed by atoms with Crippen LogP contribution in [0.1, 0.15) is 48.2 Å². The second-order valence-electron chi connectivity index (χ2n) is 8.67. The van der Waals surface area contributed by atoms with Gasteiger partial charge in [0.1, 0.15) is 0 Å². The van der Waals surface area contributed by atoms with E-state index in [9.17, 15) is 13.2 Å². The number of carbonyl (C=O) groups excluding carboxylic acids is 1. The third kappa shape index (κ3) is 3.26. The lowest BCUT2D eigenvalue weighted by molar-refractivity contribution is 0.0583. The fourth-order valence-electron chi connectivity index (χ4n) is 5.28. The Kier molecular flexibility index (Phi) is 4.94. The van der Waals surface area contributed by atoms with E-state index in [1.807, 2.05) is 11.0 Å². The molecule has 1 aromatic heterocycles. The first kappa shape index (κ1) is 19.8. The zero-order chi connectivity index (χ0) is 20.9. The van der Waals surface area contributed by atoms with Gasteiger partial charge in [-0.15, -0.1) is 0 Å². The van der Waals surface area contributed by atoms with Crippen molar-refractivity contribution in [1.82, 2.24) is 19.6 Å². The van der Waals surface area contributed by atoms with Crippen LogP contribution < -0.4 is 0 Å². The molecule has 0 spiro atoms. The van der Waals surface area contributed by atoms with Gasteiger partial charge in [-0.3, -0.25) is 9.48 Å². The normalized spacial score (nSPS) is 21.8. The smallest absolute Gasteiger partial charge is 0.274 e. The van der Waals surface area contributed by atoms with Crippen molar-refractivity contribution < 1.29 is 13.2 Å². The van der Waals surface area contributed by atoms with Crippen molar-refractivity contribution in [3.8, 4) is 11.3 Å².